The Hall–Kier alpha value is -3.84. The third kappa shape index (κ3) is 6.72. The maximum Gasteiger partial charge on any atom is 0.337 e. The molecule has 0 saturated heterocycles. The van der Waals surface area contributed by atoms with Gasteiger partial charge in [0.15, 0.2) is 0 Å². The first-order valence-corrected chi connectivity index (χ1v) is 15.1. The summed E-state index contributed by atoms with van der Waals surface area (Å²) in [6, 6.07) is 35.5. The van der Waals surface area contributed by atoms with Gasteiger partial charge in [0.2, 0.25) is 0 Å². The number of carbonyl (C=O) groups is 2. The fourth-order valence-corrected chi connectivity index (χ4v) is 7.60. The van der Waals surface area contributed by atoms with Crippen LogP contribution in [-0.4, -0.2) is 45.8 Å². The van der Waals surface area contributed by atoms with E-state index >= 15 is 0 Å². The molecule has 9 heteroatoms. The smallest absolute Gasteiger partial charge is 0.337 e. The zero-order chi connectivity index (χ0) is 27.8. The number of rotatable bonds is 6. The predicted octanol–water partition coefficient (Wildman–Crippen LogP) is 4.12. The standard InChI is InChI=1S/C19H18P.C10H10O7S/c1-20(17-11-5-2-6-12-17,18-13-7-3-8-14-18)19-15-9-4-10-16-19;1-16-9(11)6-3-7(10(12)17-2)5-8(4-6)18(13,14)15/h2-16H,1H3;3-5H,1-2H3,(H,13,14,15)/q+1;. The molecule has 0 amide bonds. The molecule has 0 bridgehead atoms. The Balaban J connectivity index is 0.000000212. The van der Waals surface area contributed by atoms with Gasteiger partial charge >= 0.3 is 11.9 Å². The van der Waals surface area contributed by atoms with Crippen molar-refractivity contribution in [2.75, 3.05) is 20.9 Å². The highest BCUT2D eigenvalue weighted by Gasteiger charge is 2.39. The van der Waals surface area contributed by atoms with E-state index in [-0.39, 0.29) is 11.1 Å². The van der Waals surface area contributed by atoms with Crippen molar-refractivity contribution in [2.45, 2.75) is 4.90 Å². The van der Waals surface area contributed by atoms with Gasteiger partial charge < -0.3 is 9.47 Å². The molecule has 0 radical (unpaired) electrons. The van der Waals surface area contributed by atoms with Gasteiger partial charge in [-0.25, -0.2) is 9.59 Å². The zero-order valence-electron chi connectivity index (χ0n) is 21.1. The molecule has 0 unspecified atom stereocenters. The number of hydrogen-bond acceptors (Lipinski definition) is 6. The number of hydrogen-bond donors (Lipinski definition) is 1. The minimum absolute atomic E-state index is 0.187. The molecule has 0 aliphatic rings. The van der Waals surface area contributed by atoms with Gasteiger partial charge in [-0.15, -0.1) is 0 Å². The molecule has 0 aromatic heterocycles. The van der Waals surface area contributed by atoms with Crippen LogP contribution in [0.2, 0.25) is 0 Å². The van der Waals surface area contributed by atoms with Crippen LogP contribution in [0.1, 0.15) is 20.7 Å². The summed E-state index contributed by atoms with van der Waals surface area (Å²) in [6.45, 7) is 2.41. The summed E-state index contributed by atoms with van der Waals surface area (Å²) >= 11 is 0. The molecule has 1 N–H and O–H groups in total. The lowest BCUT2D eigenvalue weighted by Gasteiger charge is -2.22. The first-order chi connectivity index (χ1) is 18.1. The molecule has 0 atom stereocenters. The second kappa shape index (κ2) is 12.6. The van der Waals surface area contributed by atoms with Gasteiger partial charge in [-0.2, -0.15) is 8.42 Å². The molecule has 0 aliphatic carbocycles. The third-order valence-electron chi connectivity index (χ3n) is 5.86. The van der Waals surface area contributed by atoms with Crippen molar-refractivity contribution in [3.63, 3.8) is 0 Å². The quantitative estimate of drug-likeness (QED) is 0.218. The Morgan fingerprint density at radius 3 is 1.21 bits per heavy atom. The second-order valence-corrected chi connectivity index (χ2v) is 13.2. The van der Waals surface area contributed by atoms with Crippen molar-refractivity contribution in [1.29, 1.82) is 0 Å². The highest BCUT2D eigenvalue weighted by atomic mass is 32.2. The van der Waals surface area contributed by atoms with Crippen LogP contribution in [-0.2, 0) is 19.6 Å². The van der Waals surface area contributed by atoms with Gasteiger partial charge in [0.25, 0.3) is 10.1 Å². The van der Waals surface area contributed by atoms with E-state index in [1.165, 1.54) is 15.9 Å². The third-order valence-corrected chi connectivity index (χ3v) is 10.7. The molecule has 196 valence electrons. The van der Waals surface area contributed by atoms with Crippen molar-refractivity contribution in [3.8, 4) is 0 Å². The molecule has 7 nitrogen and oxygen atoms in total. The Bertz CT molecular complexity index is 1360. The highest BCUT2D eigenvalue weighted by molar-refractivity contribution is 7.95. The number of carbonyl (C=O) groups excluding carboxylic acids is 2. The molecule has 0 fully saturated rings. The fraction of sp³-hybridized carbons (Fsp3) is 0.103. The number of ether oxygens (including phenoxy) is 2. The average molecular weight is 552 g/mol. The van der Waals surface area contributed by atoms with E-state index in [1.54, 1.807) is 0 Å². The van der Waals surface area contributed by atoms with Crippen LogP contribution in [0.15, 0.2) is 114 Å². The largest absolute Gasteiger partial charge is 0.465 e. The fourth-order valence-electron chi connectivity index (χ4n) is 3.85. The molecule has 4 aromatic rings. The van der Waals surface area contributed by atoms with E-state index in [0.29, 0.717) is 0 Å². The van der Waals surface area contributed by atoms with Crippen molar-refractivity contribution in [1.82, 2.24) is 0 Å². The van der Waals surface area contributed by atoms with E-state index in [0.717, 1.165) is 32.4 Å². The van der Waals surface area contributed by atoms with Crippen molar-refractivity contribution in [3.05, 3.63) is 120 Å². The van der Waals surface area contributed by atoms with Crippen LogP contribution < -0.4 is 15.9 Å². The summed E-state index contributed by atoms with van der Waals surface area (Å²) in [5.74, 6) is -1.68. The Labute approximate surface area is 223 Å². The monoisotopic (exact) mass is 551 g/mol. The summed E-state index contributed by atoms with van der Waals surface area (Å²) < 4.78 is 39.7. The zero-order valence-corrected chi connectivity index (χ0v) is 22.9. The molecule has 0 aliphatic heterocycles. The topological polar surface area (TPSA) is 107 Å². The van der Waals surface area contributed by atoms with Crippen LogP contribution >= 0.6 is 7.26 Å². The highest BCUT2D eigenvalue weighted by Crippen LogP contribution is 2.51. The van der Waals surface area contributed by atoms with Crippen LogP contribution in [0.4, 0.5) is 0 Å². The van der Waals surface area contributed by atoms with E-state index in [1.807, 2.05) is 0 Å². The minimum atomic E-state index is -4.55. The van der Waals surface area contributed by atoms with Gasteiger partial charge in [0.05, 0.1) is 36.9 Å². The number of benzene rings is 4. The lowest BCUT2D eigenvalue weighted by molar-refractivity contribution is 0.0598. The second-order valence-electron chi connectivity index (χ2n) is 8.22. The van der Waals surface area contributed by atoms with Crippen LogP contribution in [0.5, 0.6) is 0 Å². The Morgan fingerprint density at radius 1 is 0.632 bits per heavy atom. The number of esters is 2. The predicted molar refractivity (Wildman–Crippen MR) is 150 cm³/mol. The molecule has 4 aromatic carbocycles. The Morgan fingerprint density at radius 2 is 0.947 bits per heavy atom. The molecule has 0 saturated carbocycles. The molecular formula is C29H28O7PS+. The van der Waals surface area contributed by atoms with Crippen molar-refractivity contribution < 1.29 is 32.0 Å². The number of methoxy groups -OCH3 is 2. The summed E-state index contributed by atoms with van der Waals surface area (Å²) in [4.78, 5) is 22.0. The van der Waals surface area contributed by atoms with Crippen LogP contribution in [0.25, 0.3) is 0 Å². The van der Waals surface area contributed by atoms with E-state index < -0.39 is 34.2 Å². The molecule has 4 rings (SSSR count). The van der Waals surface area contributed by atoms with E-state index in [2.05, 4.69) is 107 Å². The summed E-state index contributed by atoms with van der Waals surface area (Å²) in [6.07, 6.45) is 0. The van der Waals surface area contributed by atoms with Gasteiger partial charge in [-0.1, -0.05) is 54.6 Å². The first kappa shape index (κ1) is 28.7. The molecule has 0 heterocycles. The average Bonchev–Trinajstić information content (AvgIpc) is 2.96. The van der Waals surface area contributed by atoms with Crippen LogP contribution in [0.3, 0.4) is 0 Å². The summed E-state index contributed by atoms with van der Waals surface area (Å²) in [5.41, 5.74) is -0.374. The van der Waals surface area contributed by atoms with Crippen LogP contribution in [0, 0.1) is 0 Å². The molecule has 38 heavy (non-hydrogen) atoms. The molecular weight excluding hydrogens is 523 g/mol. The lowest BCUT2D eigenvalue weighted by atomic mass is 10.1. The summed E-state index contributed by atoms with van der Waals surface area (Å²) in [5, 5.41) is 4.28. The minimum Gasteiger partial charge on any atom is -0.465 e. The molecule has 0 spiro atoms. The van der Waals surface area contributed by atoms with Gasteiger partial charge in [-0.05, 0) is 54.6 Å². The SMILES string of the molecule is COC(=O)c1cc(C(=O)OC)cc(S(=O)(=O)O)c1.C[P+](c1ccccc1)(c1ccccc1)c1ccccc1. The van der Waals surface area contributed by atoms with E-state index in [9.17, 15) is 18.0 Å². The first-order valence-electron chi connectivity index (χ1n) is 11.4. The van der Waals surface area contributed by atoms with Gasteiger partial charge in [-0.3, -0.25) is 4.55 Å². The normalized spacial score (nSPS) is 11.1. The van der Waals surface area contributed by atoms with Crippen molar-refractivity contribution >= 4 is 45.2 Å². The maximum absolute atomic E-state index is 11.3. The van der Waals surface area contributed by atoms with Gasteiger partial charge in [0, 0.05) is 0 Å². The maximum atomic E-state index is 11.3. The summed E-state index contributed by atoms with van der Waals surface area (Å²) in [7, 11) is -3.88. The van der Waals surface area contributed by atoms with Gasteiger partial charge in [0.1, 0.15) is 23.2 Å². The van der Waals surface area contributed by atoms with Crippen molar-refractivity contribution in [2.24, 2.45) is 0 Å². The lowest BCUT2D eigenvalue weighted by Crippen LogP contribution is -2.30. The van der Waals surface area contributed by atoms with E-state index in [4.69, 9.17) is 4.55 Å². The Kier molecular flexibility index (Phi) is 9.53.